The fourth-order valence-corrected chi connectivity index (χ4v) is 2.81. The molecule has 0 spiro atoms. The summed E-state index contributed by atoms with van der Waals surface area (Å²) in [4.78, 5) is 11.6. The summed E-state index contributed by atoms with van der Waals surface area (Å²) < 4.78 is 1.58. The highest BCUT2D eigenvalue weighted by molar-refractivity contribution is 5.88. The number of fused-ring (bicyclic) bond motifs is 1. The first-order valence-electron chi connectivity index (χ1n) is 6.59. The van der Waals surface area contributed by atoms with Gasteiger partial charge in [-0.25, -0.2) is 9.48 Å². The van der Waals surface area contributed by atoms with Gasteiger partial charge in [-0.05, 0) is 31.4 Å². The van der Waals surface area contributed by atoms with Crippen molar-refractivity contribution in [3.05, 3.63) is 47.3 Å². The third kappa shape index (κ3) is 1.93. The third-order valence-electron chi connectivity index (χ3n) is 3.75. The first-order valence-corrected chi connectivity index (χ1v) is 6.59. The Labute approximate surface area is 111 Å². The zero-order valence-electron chi connectivity index (χ0n) is 10.8. The van der Waals surface area contributed by atoms with Crippen molar-refractivity contribution in [2.24, 2.45) is 0 Å². The number of carboxylic acid groups (broad SMARTS) is 1. The van der Waals surface area contributed by atoms with Gasteiger partial charge < -0.3 is 5.11 Å². The van der Waals surface area contributed by atoms with Gasteiger partial charge in [0, 0.05) is 11.5 Å². The van der Waals surface area contributed by atoms with Crippen LogP contribution in [0.25, 0.3) is 5.69 Å². The number of carbonyl (C=O) groups is 1. The minimum absolute atomic E-state index is 0.327. The minimum atomic E-state index is -0.897. The molecule has 98 valence electrons. The Morgan fingerprint density at radius 2 is 2.11 bits per heavy atom. The lowest BCUT2D eigenvalue weighted by Gasteiger charge is -2.16. The Morgan fingerprint density at radius 3 is 2.79 bits per heavy atom. The second kappa shape index (κ2) is 4.53. The van der Waals surface area contributed by atoms with Gasteiger partial charge in [0.15, 0.2) is 5.69 Å². The van der Waals surface area contributed by atoms with Crippen molar-refractivity contribution >= 4 is 5.97 Å². The summed E-state index contributed by atoms with van der Waals surface area (Å²) in [7, 11) is 0. The van der Waals surface area contributed by atoms with Gasteiger partial charge in [-0.1, -0.05) is 25.1 Å². The Kier molecular flexibility index (Phi) is 2.85. The fraction of sp³-hybridized carbons (Fsp3) is 0.333. The van der Waals surface area contributed by atoms with Crippen LogP contribution in [-0.4, -0.2) is 20.9 Å². The van der Waals surface area contributed by atoms with Crippen LogP contribution in [-0.2, 0) is 6.42 Å². The van der Waals surface area contributed by atoms with Crippen molar-refractivity contribution in [2.75, 3.05) is 0 Å². The number of hydrogen-bond donors (Lipinski definition) is 1. The highest BCUT2D eigenvalue weighted by Gasteiger charge is 2.28. The molecular weight excluding hydrogens is 240 g/mol. The lowest BCUT2D eigenvalue weighted by atomic mass is 9.88. The van der Waals surface area contributed by atoms with E-state index in [4.69, 9.17) is 0 Å². The Bertz CT molecular complexity index is 617. The van der Waals surface area contributed by atoms with Crippen LogP contribution in [0.1, 0.15) is 47.4 Å². The quantitative estimate of drug-likeness (QED) is 0.898. The molecule has 19 heavy (non-hydrogen) atoms. The Balaban J connectivity index is 2.22. The van der Waals surface area contributed by atoms with Crippen LogP contribution in [0.2, 0.25) is 0 Å². The number of para-hydroxylation sites is 1. The number of aromatic nitrogens is 2. The largest absolute Gasteiger partial charge is 0.476 e. The van der Waals surface area contributed by atoms with Crippen LogP contribution in [0.4, 0.5) is 0 Å². The molecule has 0 aliphatic heterocycles. The van der Waals surface area contributed by atoms with Crippen molar-refractivity contribution in [3.63, 3.8) is 0 Å². The third-order valence-corrected chi connectivity index (χ3v) is 3.75. The van der Waals surface area contributed by atoms with Crippen molar-refractivity contribution in [1.29, 1.82) is 0 Å². The van der Waals surface area contributed by atoms with Crippen LogP contribution >= 0.6 is 0 Å². The molecule has 0 fully saturated rings. The van der Waals surface area contributed by atoms with Gasteiger partial charge in [-0.15, -0.1) is 0 Å². The average Bonchev–Trinajstić information content (AvgIpc) is 2.81. The zero-order chi connectivity index (χ0) is 13.4. The van der Waals surface area contributed by atoms with E-state index in [1.54, 1.807) is 4.68 Å². The van der Waals surface area contributed by atoms with E-state index in [1.165, 1.54) is 0 Å². The van der Waals surface area contributed by atoms with Gasteiger partial charge in [0.05, 0.1) is 11.4 Å². The number of nitrogens with zero attached hydrogens (tertiary/aromatic N) is 2. The van der Waals surface area contributed by atoms with Gasteiger partial charge in [0.2, 0.25) is 0 Å². The summed E-state index contributed by atoms with van der Waals surface area (Å²) in [6, 6.07) is 9.47. The molecule has 1 aromatic carbocycles. The molecule has 2 aromatic rings. The fourth-order valence-electron chi connectivity index (χ4n) is 2.81. The zero-order valence-corrected chi connectivity index (χ0v) is 10.8. The summed E-state index contributed by atoms with van der Waals surface area (Å²) in [6.07, 6.45) is 2.93. The van der Waals surface area contributed by atoms with E-state index in [0.29, 0.717) is 11.6 Å². The maximum absolute atomic E-state index is 11.6. The molecule has 1 unspecified atom stereocenters. The number of rotatable bonds is 2. The molecule has 1 aromatic heterocycles. The Morgan fingerprint density at radius 1 is 1.37 bits per heavy atom. The molecule has 0 bridgehead atoms. The molecule has 1 heterocycles. The molecule has 3 rings (SSSR count). The molecule has 1 aliphatic carbocycles. The molecule has 4 heteroatoms. The normalized spacial score (nSPS) is 18.1. The molecule has 0 saturated heterocycles. The van der Waals surface area contributed by atoms with Crippen LogP contribution in [0.3, 0.4) is 0 Å². The van der Waals surface area contributed by atoms with Crippen molar-refractivity contribution in [2.45, 2.75) is 32.1 Å². The molecule has 1 aliphatic rings. The topological polar surface area (TPSA) is 55.1 Å². The van der Waals surface area contributed by atoms with Crippen molar-refractivity contribution in [3.8, 4) is 5.69 Å². The maximum Gasteiger partial charge on any atom is 0.354 e. The lowest BCUT2D eigenvalue weighted by molar-refractivity contribution is 0.0685. The number of hydrogen-bond acceptors (Lipinski definition) is 2. The standard InChI is InChI=1S/C15H16N2O2/c1-10-6-5-9-12-13(10)16-17(14(12)15(18)19)11-7-3-2-4-8-11/h2-4,7-8,10H,5-6,9H2,1H3,(H,18,19). The first-order chi connectivity index (χ1) is 9.18. The summed E-state index contributed by atoms with van der Waals surface area (Å²) in [5.74, 6) is -0.557. The van der Waals surface area contributed by atoms with E-state index in [0.717, 1.165) is 36.2 Å². The van der Waals surface area contributed by atoms with E-state index < -0.39 is 5.97 Å². The average molecular weight is 256 g/mol. The van der Waals surface area contributed by atoms with E-state index in [2.05, 4.69) is 12.0 Å². The SMILES string of the molecule is CC1CCCc2c1nn(-c1ccccc1)c2C(=O)O. The van der Waals surface area contributed by atoms with Crippen molar-refractivity contribution in [1.82, 2.24) is 9.78 Å². The van der Waals surface area contributed by atoms with Gasteiger partial charge in [-0.3, -0.25) is 0 Å². The number of benzene rings is 1. The molecule has 1 atom stereocenters. The minimum Gasteiger partial charge on any atom is -0.476 e. The van der Waals surface area contributed by atoms with E-state index in [1.807, 2.05) is 30.3 Å². The van der Waals surface area contributed by atoms with Crippen LogP contribution in [0.5, 0.6) is 0 Å². The highest BCUT2D eigenvalue weighted by atomic mass is 16.4. The molecule has 0 radical (unpaired) electrons. The van der Waals surface area contributed by atoms with Crippen molar-refractivity contribution < 1.29 is 9.90 Å². The van der Waals surface area contributed by atoms with Crippen LogP contribution in [0.15, 0.2) is 30.3 Å². The highest BCUT2D eigenvalue weighted by Crippen LogP contribution is 2.33. The number of aromatic carboxylic acids is 1. The van der Waals surface area contributed by atoms with Gasteiger partial charge in [-0.2, -0.15) is 5.10 Å². The molecule has 0 saturated carbocycles. The van der Waals surface area contributed by atoms with E-state index >= 15 is 0 Å². The summed E-state index contributed by atoms with van der Waals surface area (Å²) >= 11 is 0. The second-order valence-corrected chi connectivity index (χ2v) is 5.06. The van der Waals surface area contributed by atoms with Crippen LogP contribution < -0.4 is 0 Å². The molecule has 0 amide bonds. The predicted octanol–water partition coefficient (Wildman–Crippen LogP) is 3.01. The Hall–Kier alpha value is -2.10. The molecule has 4 nitrogen and oxygen atoms in total. The monoisotopic (exact) mass is 256 g/mol. The smallest absolute Gasteiger partial charge is 0.354 e. The second-order valence-electron chi connectivity index (χ2n) is 5.06. The first kappa shape index (κ1) is 12.0. The summed E-state index contributed by atoms with van der Waals surface area (Å²) in [5.41, 5.74) is 3.00. The molecule has 1 N–H and O–H groups in total. The lowest BCUT2D eigenvalue weighted by Crippen LogP contribution is -2.11. The summed E-state index contributed by atoms with van der Waals surface area (Å²) in [5, 5.41) is 14.1. The van der Waals surface area contributed by atoms with E-state index in [9.17, 15) is 9.90 Å². The predicted molar refractivity (Wildman–Crippen MR) is 71.9 cm³/mol. The van der Waals surface area contributed by atoms with E-state index in [-0.39, 0.29) is 0 Å². The molecular formula is C15H16N2O2. The number of carboxylic acids is 1. The maximum atomic E-state index is 11.6. The van der Waals surface area contributed by atoms with Gasteiger partial charge >= 0.3 is 5.97 Å². The van der Waals surface area contributed by atoms with Gasteiger partial charge in [0.25, 0.3) is 0 Å². The van der Waals surface area contributed by atoms with Gasteiger partial charge in [0.1, 0.15) is 0 Å². The summed E-state index contributed by atoms with van der Waals surface area (Å²) in [6.45, 7) is 2.12. The van der Waals surface area contributed by atoms with Crippen LogP contribution in [0, 0.1) is 0 Å².